The van der Waals surface area contributed by atoms with Crippen LogP contribution >= 0.6 is 0 Å². The lowest BCUT2D eigenvalue weighted by atomic mass is 9.80. The summed E-state index contributed by atoms with van der Waals surface area (Å²) in [6, 6.07) is 0. The van der Waals surface area contributed by atoms with Crippen molar-refractivity contribution in [2.75, 3.05) is 6.54 Å². The third kappa shape index (κ3) is 4.54. The van der Waals surface area contributed by atoms with E-state index in [0.29, 0.717) is 13.0 Å². The second-order valence-corrected chi connectivity index (χ2v) is 5.87. The van der Waals surface area contributed by atoms with Crippen molar-refractivity contribution in [3.05, 3.63) is 12.2 Å². The zero-order chi connectivity index (χ0) is 15.3. The van der Waals surface area contributed by atoms with Crippen LogP contribution in [-0.2, 0) is 14.3 Å². The maximum Gasteiger partial charge on any atom is 0.306 e. The summed E-state index contributed by atoms with van der Waals surface area (Å²) in [4.78, 5) is 23.8. The molecule has 3 N–H and O–H groups in total. The predicted molar refractivity (Wildman–Crippen MR) is 75.3 cm³/mol. The Balaban J connectivity index is 2.10. The van der Waals surface area contributed by atoms with E-state index in [9.17, 15) is 19.8 Å². The van der Waals surface area contributed by atoms with Crippen LogP contribution in [0.4, 0.5) is 0 Å². The van der Waals surface area contributed by atoms with E-state index in [1.54, 1.807) is 0 Å². The fraction of sp³-hybridized carbons (Fsp3) is 0.733. The van der Waals surface area contributed by atoms with Crippen molar-refractivity contribution in [2.45, 2.75) is 62.8 Å². The Bertz CT molecular complexity index is 422. The van der Waals surface area contributed by atoms with Gasteiger partial charge in [0.1, 0.15) is 11.7 Å². The second-order valence-electron chi connectivity index (χ2n) is 5.87. The van der Waals surface area contributed by atoms with Crippen LogP contribution in [0.25, 0.3) is 0 Å². The molecule has 3 atom stereocenters. The Morgan fingerprint density at radius 1 is 1.24 bits per heavy atom. The van der Waals surface area contributed by atoms with E-state index in [-0.39, 0.29) is 25.2 Å². The molecule has 1 amide bonds. The van der Waals surface area contributed by atoms with Crippen LogP contribution < -0.4 is 5.32 Å². The summed E-state index contributed by atoms with van der Waals surface area (Å²) in [6.07, 6.45) is 5.38. The van der Waals surface area contributed by atoms with Gasteiger partial charge in [-0.3, -0.25) is 9.59 Å². The maximum absolute atomic E-state index is 12.1. The molecule has 6 heteroatoms. The molecule has 0 aromatic carbocycles. The lowest BCUT2D eigenvalue weighted by Gasteiger charge is -2.37. The van der Waals surface area contributed by atoms with Gasteiger partial charge in [0.05, 0.1) is 6.10 Å². The largest absolute Gasteiger partial charge is 0.462 e. The SMILES string of the molecule is O=C1CCCC/C=C/CNC(=O)[C@]2(O)C[C@@H](O)C[C@@H](C2)O1. The van der Waals surface area contributed by atoms with Crippen LogP contribution in [0.2, 0.25) is 0 Å². The fourth-order valence-electron chi connectivity index (χ4n) is 2.89. The van der Waals surface area contributed by atoms with Gasteiger partial charge in [0.15, 0.2) is 0 Å². The van der Waals surface area contributed by atoms with Crippen LogP contribution in [0.3, 0.4) is 0 Å². The quantitative estimate of drug-likeness (QED) is 0.445. The number of rotatable bonds is 0. The first-order valence-corrected chi connectivity index (χ1v) is 7.53. The average Bonchev–Trinajstić information content (AvgIpc) is 2.39. The highest BCUT2D eigenvalue weighted by Crippen LogP contribution is 2.31. The number of nitrogens with one attached hydrogen (secondary N) is 1. The van der Waals surface area contributed by atoms with E-state index in [0.717, 1.165) is 19.3 Å². The molecule has 0 aromatic rings. The average molecular weight is 297 g/mol. The zero-order valence-corrected chi connectivity index (χ0v) is 12.1. The number of allylic oxidation sites excluding steroid dienone is 1. The van der Waals surface area contributed by atoms with Crippen molar-refractivity contribution in [1.82, 2.24) is 5.32 Å². The second kappa shape index (κ2) is 7.04. The highest BCUT2D eigenvalue weighted by atomic mass is 16.5. The maximum atomic E-state index is 12.1. The zero-order valence-electron chi connectivity index (χ0n) is 12.1. The van der Waals surface area contributed by atoms with Crippen molar-refractivity contribution in [1.29, 1.82) is 0 Å². The topological polar surface area (TPSA) is 95.9 Å². The van der Waals surface area contributed by atoms with E-state index < -0.39 is 23.7 Å². The van der Waals surface area contributed by atoms with Crippen LogP contribution in [-0.4, -0.2) is 46.4 Å². The number of hydrogen-bond acceptors (Lipinski definition) is 5. The standard InChI is InChI=1S/C15H23NO5/c17-11-8-12-10-15(20,9-11)14(19)16-7-5-3-1-2-4-6-13(18)21-12/h3,5,11-12,17,20H,1-2,4,6-10H2,(H,16,19)/b5-3+/t11-,12-,15-/m0/s1. The van der Waals surface area contributed by atoms with Crippen molar-refractivity contribution in [2.24, 2.45) is 0 Å². The van der Waals surface area contributed by atoms with E-state index in [1.807, 2.05) is 12.2 Å². The van der Waals surface area contributed by atoms with Gasteiger partial charge in [-0.2, -0.15) is 0 Å². The number of aliphatic hydroxyl groups is 2. The van der Waals surface area contributed by atoms with Crippen LogP contribution in [0.5, 0.6) is 0 Å². The molecule has 2 aliphatic rings. The van der Waals surface area contributed by atoms with Crippen molar-refractivity contribution >= 4 is 11.9 Å². The molecular weight excluding hydrogens is 274 g/mol. The lowest BCUT2D eigenvalue weighted by Crippen LogP contribution is -2.54. The van der Waals surface area contributed by atoms with E-state index in [1.165, 1.54) is 0 Å². The molecule has 2 bridgehead atoms. The summed E-state index contributed by atoms with van der Waals surface area (Å²) >= 11 is 0. The van der Waals surface area contributed by atoms with Crippen molar-refractivity contribution in [3.63, 3.8) is 0 Å². The molecule has 1 aliphatic carbocycles. The van der Waals surface area contributed by atoms with Crippen LogP contribution in [0.1, 0.15) is 44.9 Å². The number of aliphatic hydroxyl groups excluding tert-OH is 1. The molecule has 0 unspecified atom stereocenters. The number of fused-ring (bicyclic) bond motifs is 2. The molecule has 1 heterocycles. The van der Waals surface area contributed by atoms with Gasteiger partial charge < -0.3 is 20.3 Å². The van der Waals surface area contributed by atoms with Gasteiger partial charge in [-0.25, -0.2) is 0 Å². The Morgan fingerprint density at radius 3 is 2.86 bits per heavy atom. The molecule has 1 saturated carbocycles. The Kier molecular flexibility index (Phi) is 5.36. The molecule has 1 aliphatic heterocycles. The van der Waals surface area contributed by atoms with E-state index >= 15 is 0 Å². The van der Waals surface area contributed by atoms with Gasteiger partial charge in [-0.15, -0.1) is 0 Å². The third-order valence-corrected chi connectivity index (χ3v) is 3.94. The summed E-state index contributed by atoms with van der Waals surface area (Å²) in [5.74, 6) is -0.859. The number of carbonyl (C=O) groups is 2. The smallest absolute Gasteiger partial charge is 0.306 e. The number of ether oxygens (including phenoxy) is 1. The first-order valence-electron chi connectivity index (χ1n) is 7.53. The number of carbonyl (C=O) groups excluding carboxylic acids is 2. The predicted octanol–water partition coefficient (Wildman–Crippen LogP) is 0.420. The Hall–Kier alpha value is -1.40. The minimum Gasteiger partial charge on any atom is -0.462 e. The fourth-order valence-corrected chi connectivity index (χ4v) is 2.89. The highest BCUT2D eigenvalue weighted by Gasteiger charge is 2.45. The van der Waals surface area contributed by atoms with Crippen LogP contribution in [0, 0.1) is 0 Å². The third-order valence-electron chi connectivity index (χ3n) is 3.94. The van der Waals surface area contributed by atoms with E-state index in [2.05, 4.69) is 5.32 Å². The van der Waals surface area contributed by atoms with Gasteiger partial charge >= 0.3 is 5.97 Å². The Morgan fingerprint density at radius 2 is 2.05 bits per heavy atom. The highest BCUT2D eigenvalue weighted by molar-refractivity contribution is 5.85. The normalized spacial score (nSPS) is 37.0. The minimum absolute atomic E-state index is 0.0312. The van der Waals surface area contributed by atoms with Crippen LogP contribution in [0.15, 0.2) is 12.2 Å². The number of amides is 1. The molecular formula is C15H23NO5. The summed E-state index contributed by atoms with van der Waals surface area (Å²) in [6.45, 7) is 0.349. The first-order chi connectivity index (χ1) is 9.99. The summed E-state index contributed by atoms with van der Waals surface area (Å²) in [7, 11) is 0. The lowest BCUT2D eigenvalue weighted by molar-refractivity contribution is -0.168. The monoisotopic (exact) mass is 297 g/mol. The van der Waals surface area contributed by atoms with Crippen molar-refractivity contribution < 1.29 is 24.5 Å². The molecule has 1 fully saturated rings. The molecule has 0 radical (unpaired) electrons. The summed E-state index contributed by atoms with van der Waals surface area (Å²) in [5, 5.41) is 22.9. The van der Waals surface area contributed by atoms with Gasteiger partial charge in [0.2, 0.25) is 0 Å². The van der Waals surface area contributed by atoms with Gasteiger partial charge in [-0.05, 0) is 19.3 Å². The molecule has 2 rings (SSSR count). The summed E-state index contributed by atoms with van der Waals surface area (Å²) < 4.78 is 5.29. The molecule has 0 saturated heterocycles. The summed E-state index contributed by atoms with van der Waals surface area (Å²) in [5.41, 5.74) is -1.68. The van der Waals surface area contributed by atoms with Gasteiger partial charge in [0, 0.05) is 32.2 Å². The Labute approximate surface area is 124 Å². The molecule has 0 spiro atoms. The number of hydrogen-bond donors (Lipinski definition) is 3. The molecule has 118 valence electrons. The minimum atomic E-state index is -1.68. The van der Waals surface area contributed by atoms with Gasteiger partial charge in [0.25, 0.3) is 5.91 Å². The molecule has 0 aromatic heterocycles. The molecule has 6 nitrogen and oxygen atoms in total. The first kappa shape index (κ1) is 16.0. The van der Waals surface area contributed by atoms with Crippen molar-refractivity contribution in [3.8, 4) is 0 Å². The molecule has 21 heavy (non-hydrogen) atoms. The van der Waals surface area contributed by atoms with E-state index in [4.69, 9.17) is 4.74 Å². The van der Waals surface area contributed by atoms with Gasteiger partial charge in [-0.1, -0.05) is 12.2 Å². The number of esters is 1.